The first kappa shape index (κ1) is 18.2. The van der Waals surface area contributed by atoms with Crippen molar-refractivity contribution in [2.45, 2.75) is 51.7 Å². The van der Waals surface area contributed by atoms with E-state index in [4.69, 9.17) is 5.10 Å². The summed E-state index contributed by atoms with van der Waals surface area (Å²) >= 11 is 0. The summed E-state index contributed by atoms with van der Waals surface area (Å²) in [6.07, 6.45) is 4.48. The lowest BCUT2D eigenvalue weighted by atomic mass is 10.2. The topological polar surface area (TPSA) is 41.4 Å². The number of halogens is 1. The van der Waals surface area contributed by atoms with E-state index < -0.39 is 0 Å². The number of hydrogen-bond donors (Lipinski definition) is 0. The maximum Gasteiger partial charge on any atom is 0.222 e. The van der Waals surface area contributed by atoms with E-state index in [0.29, 0.717) is 19.4 Å². The van der Waals surface area contributed by atoms with E-state index in [0.717, 1.165) is 68.9 Å². The van der Waals surface area contributed by atoms with Gasteiger partial charge in [-0.15, -0.1) is 0 Å². The van der Waals surface area contributed by atoms with E-state index in [1.807, 2.05) is 17.0 Å². The van der Waals surface area contributed by atoms with Gasteiger partial charge in [0.15, 0.2) is 0 Å². The molecule has 0 bridgehead atoms. The smallest absolute Gasteiger partial charge is 0.222 e. The predicted octanol–water partition coefficient (Wildman–Crippen LogP) is 2.98. The summed E-state index contributed by atoms with van der Waals surface area (Å²) in [7, 11) is 0. The molecule has 1 fully saturated rings. The van der Waals surface area contributed by atoms with E-state index in [2.05, 4.69) is 15.6 Å². The summed E-state index contributed by atoms with van der Waals surface area (Å²) in [6.45, 7) is 5.00. The second-order valence-electron chi connectivity index (χ2n) is 7.59. The molecule has 0 unspecified atom stereocenters. The lowest BCUT2D eigenvalue weighted by molar-refractivity contribution is -0.130. The standard InChI is InChI=1S/C21H27FN4O/c22-20-7-2-1-6-17(20)15-24-10-5-13-26-19(16-24)14-18(23-26)8-9-21(27)25-11-3-4-12-25/h1-2,6-7,14H,3-5,8-13,15-16H2. The first-order valence-corrected chi connectivity index (χ1v) is 9.98. The molecule has 0 aliphatic carbocycles. The number of nitrogens with zero attached hydrogens (tertiary/aromatic N) is 4. The summed E-state index contributed by atoms with van der Waals surface area (Å²) < 4.78 is 16.0. The van der Waals surface area contributed by atoms with Gasteiger partial charge in [-0.05, 0) is 31.4 Å². The van der Waals surface area contributed by atoms with E-state index in [-0.39, 0.29) is 11.7 Å². The molecule has 1 aromatic carbocycles. The van der Waals surface area contributed by atoms with Crippen LogP contribution in [-0.4, -0.2) is 45.1 Å². The Bertz CT molecular complexity index is 797. The van der Waals surface area contributed by atoms with Crippen LogP contribution >= 0.6 is 0 Å². The second-order valence-corrected chi connectivity index (χ2v) is 7.59. The molecule has 27 heavy (non-hydrogen) atoms. The average molecular weight is 370 g/mol. The monoisotopic (exact) mass is 370 g/mol. The summed E-state index contributed by atoms with van der Waals surface area (Å²) in [4.78, 5) is 16.5. The molecule has 5 nitrogen and oxygen atoms in total. The van der Waals surface area contributed by atoms with Gasteiger partial charge in [0.05, 0.1) is 11.4 Å². The number of benzene rings is 1. The van der Waals surface area contributed by atoms with E-state index in [1.165, 1.54) is 6.07 Å². The Hall–Kier alpha value is -2.21. The Labute approximate surface area is 159 Å². The molecule has 144 valence electrons. The van der Waals surface area contributed by atoms with Crippen LogP contribution in [0.3, 0.4) is 0 Å². The minimum atomic E-state index is -0.142. The molecule has 1 saturated heterocycles. The molecule has 2 aliphatic rings. The highest BCUT2D eigenvalue weighted by atomic mass is 19.1. The summed E-state index contributed by atoms with van der Waals surface area (Å²) in [5.41, 5.74) is 2.89. The van der Waals surface area contributed by atoms with Crippen LogP contribution in [0.5, 0.6) is 0 Å². The number of amides is 1. The van der Waals surface area contributed by atoms with Gasteiger partial charge in [0.2, 0.25) is 5.91 Å². The molecular weight excluding hydrogens is 343 g/mol. The third-order valence-corrected chi connectivity index (χ3v) is 5.55. The maximum absolute atomic E-state index is 14.0. The predicted molar refractivity (Wildman–Crippen MR) is 101 cm³/mol. The maximum atomic E-state index is 14.0. The molecular formula is C21H27FN4O. The zero-order chi connectivity index (χ0) is 18.6. The van der Waals surface area contributed by atoms with Gasteiger partial charge in [-0.1, -0.05) is 18.2 Å². The number of fused-ring (bicyclic) bond motifs is 1. The molecule has 6 heteroatoms. The molecule has 0 spiro atoms. The van der Waals surface area contributed by atoms with E-state index in [9.17, 15) is 9.18 Å². The van der Waals surface area contributed by atoms with Crippen LogP contribution in [0.15, 0.2) is 30.3 Å². The first-order chi connectivity index (χ1) is 13.2. The molecule has 3 heterocycles. The molecule has 0 radical (unpaired) electrons. The van der Waals surface area contributed by atoms with Crippen LogP contribution in [0.1, 0.15) is 42.6 Å². The highest BCUT2D eigenvalue weighted by molar-refractivity contribution is 5.76. The van der Waals surface area contributed by atoms with Crippen LogP contribution in [0.2, 0.25) is 0 Å². The number of aryl methyl sites for hydroxylation is 2. The van der Waals surface area contributed by atoms with Gasteiger partial charge in [0, 0.05) is 57.7 Å². The number of rotatable bonds is 5. The zero-order valence-electron chi connectivity index (χ0n) is 15.7. The van der Waals surface area contributed by atoms with E-state index >= 15 is 0 Å². The minimum Gasteiger partial charge on any atom is -0.343 e. The van der Waals surface area contributed by atoms with Crippen molar-refractivity contribution in [3.8, 4) is 0 Å². The summed E-state index contributed by atoms with van der Waals surface area (Å²) in [6, 6.07) is 9.11. The van der Waals surface area contributed by atoms with Crippen molar-refractivity contribution in [2.75, 3.05) is 19.6 Å². The zero-order valence-corrected chi connectivity index (χ0v) is 15.7. The summed E-state index contributed by atoms with van der Waals surface area (Å²) in [5, 5.41) is 4.71. The van der Waals surface area contributed by atoms with Crippen molar-refractivity contribution in [2.24, 2.45) is 0 Å². The Balaban J connectivity index is 1.38. The van der Waals surface area contributed by atoms with E-state index in [1.54, 1.807) is 6.07 Å². The quantitative estimate of drug-likeness (QED) is 0.813. The average Bonchev–Trinajstić information content (AvgIpc) is 3.29. The number of aromatic nitrogens is 2. The Kier molecular flexibility index (Phi) is 5.53. The molecule has 0 atom stereocenters. The molecule has 1 amide bonds. The fraction of sp³-hybridized carbons (Fsp3) is 0.524. The fourth-order valence-electron chi connectivity index (χ4n) is 4.07. The lowest BCUT2D eigenvalue weighted by Gasteiger charge is -2.19. The van der Waals surface area contributed by atoms with Gasteiger partial charge in [-0.3, -0.25) is 14.4 Å². The van der Waals surface area contributed by atoms with Crippen molar-refractivity contribution in [3.63, 3.8) is 0 Å². The van der Waals surface area contributed by atoms with Crippen molar-refractivity contribution in [1.29, 1.82) is 0 Å². The van der Waals surface area contributed by atoms with Crippen LogP contribution < -0.4 is 0 Å². The number of carbonyl (C=O) groups is 1. The van der Waals surface area contributed by atoms with Crippen LogP contribution in [0.4, 0.5) is 4.39 Å². The molecule has 1 aromatic heterocycles. The third kappa shape index (κ3) is 4.38. The van der Waals surface area contributed by atoms with Gasteiger partial charge >= 0.3 is 0 Å². The molecule has 2 aliphatic heterocycles. The highest BCUT2D eigenvalue weighted by Crippen LogP contribution is 2.19. The molecule has 4 rings (SSSR count). The van der Waals surface area contributed by atoms with Crippen LogP contribution in [0, 0.1) is 5.82 Å². The second kappa shape index (κ2) is 8.21. The Morgan fingerprint density at radius 3 is 2.70 bits per heavy atom. The van der Waals surface area contributed by atoms with Crippen molar-refractivity contribution >= 4 is 5.91 Å². The Morgan fingerprint density at radius 2 is 1.89 bits per heavy atom. The minimum absolute atomic E-state index is 0.142. The van der Waals surface area contributed by atoms with Gasteiger partial charge in [0.25, 0.3) is 0 Å². The first-order valence-electron chi connectivity index (χ1n) is 9.98. The van der Waals surface area contributed by atoms with Crippen molar-refractivity contribution in [3.05, 3.63) is 53.1 Å². The fourth-order valence-corrected chi connectivity index (χ4v) is 4.07. The normalized spacial score (nSPS) is 17.7. The van der Waals surface area contributed by atoms with Crippen molar-refractivity contribution in [1.82, 2.24) is 19.6 Å². The number of likely N-dealkylation sites (tertiary alicyclic amines) is 1. The van der Waals surface area contributed by atoms with Gasteiger partial charge in [-0.25, -0.2) is 4.39 Å². The van der Waals surface area contributed by atoms with Crippen molar-refractivity contribution < 1.29 is 9.18 Å². The number of carbonyl (C=O) groups excluding carboxylic acids is 1. The molecule has 0 saturated carbocycles. The highest BCUT2D eigenvalue weighted by Gasteiger charge is 2.20. The van der Waals surface area contributed by atoms with Crippen LogP contribution in [-0.2, 0) is 30.8 Å². The number of hydrogen-bond acceptors (Lipinski definition) is 3. The van der Waals surface area contributed by atoms with Gasteiger partial charge in [0.1, 0.15) is 5.82 Å². The van der Waals surface area contributed by atoms with Gasteiger partial charge in [-0.2, -0.15) is 5.10 Å². The SMILES string of the molecule is O=C(CCc1cc2n(n1)CCCN(Cc1ccccc1F)C2)N1CCCC1. The Morgan fingerprint density at radius 1 is 1.07 bits per heavy atom. The van der Waals surface area contributed by atoms with Gasteiger partial charge < -0.3 is 4.90 Å². The molecule has 0 N–H and O–H groups in total. The lowest BCUT2D eigenvalue weighted by Crippen LogP contribution is -2.27. The van der Waals surface area contributed by atoms with Crippen LogP contribution in [0.25, 0.3) is 0 Å². The summed E-state index contributed by atoms with van der Waals surface area (Å²) in [5.74, 6) is 0.105. The molecule has 2 aromatic rings. The third-order valence-electron chi connectivity index (χ3n) is 5.55. The largest absolute Gasteiger partial charge is 0.343 e.